The highest BCUT2D eigenvalue weighted by Gasteiger charge is 2.61. The molecule has 0 saturated carbocycles. The quantitative estimate of drug-likeness (QED) is 0.129. The van der Waals surface area contributed by atoms with E-state index in [2.05, 4.69) is 5.32 Å². The van der Waals surface area contributed by atoms with Crippen molar-refractivity contribution in [2.75, 3.05) is 19.8 Å². The molecule has 19 heteroatoms. The Morgan fingerprint density at radius 2 is 1.11 bits per heavy atom. The molecule has 0 bridgehead atoms. The van der Waals surface area contributed by atoms with Gasteiger partial charge in [0.2, 0.25) is 3.79 Å². The van der Waals surface area contributed by atoms with Gasteiger partial charge >= 0.3 is 24.0 Å². The second kappa shape index (κ2) is 18.7. The van der Waals surface area contributed by atoms with E-state index in [9.17, 15) is 19.2 Å². The minimum absolute atomic E-state index is 0.114. The summed E-state index contributed by atoms with van der Waals surface area (Å²) in [5, 5.41) is 2.59. The van der Waals surface area contributed by atoms with Crippen LogP contribution in [0.4, 0.5) is 4.79 Å². The average molecular weight is 909 g/mol. The molecule has 1 N–H and O–H groups in total. The molecule has 0 aromatic heterocycles. The second-order valence-corrected chi connectivity index (χ2v) is 17.9. The summed E-state index contributed by atoms with van der Waals surface area (Å²) < 4.78 is 65.1. The highest BCUT2D eigenvalue weighted by atomic mass is 35.6. The number of nitrogens with one attached hydrogen (secondary N) is 1. The third-order valence-electron chi connectivity index (χ3n) is 9.87. The number of carbonyl (C=O) groups is 4. The lowest BCUT2D eigenvalue weighted by molar-refractivity contribution is -0.291. The van der Waals surface area contributed by atoms with Crippen LogP contribution in [0.25, 0.3) is 0 Å². The molecule has 1 amide bonds. The Hall–Kier alpha value is -4.07. The number of esters is 3. The van der Waals surface area contributed by atoms with Crippen molar-refractivity contribution < 1.29 is 71.3 Å². The minimum atomic E-state index is -2.00. The Bertz CT molecular complexity index is 2000. The maximum atomic E-state index is 13.9. The van der Waals surface area contributed by atoms with Gasteiger partial charge in [0.1, 0.15) is 49.8 Å². The number of amides is 1. The summed E-state index contributed by atoms with van der Waals surface area (Å²) in [5.41, 5.74) is 0.464. The third-order valence-corrected chi connectivity index (χ3v) is 10.2. The number of alkyl halides is 3. The molecular weight excluding hydrogens is 865 g/mol. The van der Waals surface area contributed by atoms with Crippen LogP contribution >= 0.6 is 34.8 Å². The first kappa shape index (κ1) is 45.0. The lowest BCUT2D eigenvalue weighted by atomic mass is 9.95. The van der Waals surface area contributed by atoms with E-state index in [0.29, 0.717) is 0 Å². The lowest BCUT2D eigenvalue weighted by Crippen LogP contribution is -2.67. The van der Waals surface area contributed by atoms with Gasteiger partial charge in [-0.05, 0) is 64.1 Å². The first-order chi connectivity index (χ1) is 29.0. The van der Waals surface area contributed by atoms with E-state index >= 15 is 0 Å². The molecular formula is C42H44Cl3NO15. The van der Waals surface area contributed by atoms with Gasteiger partial charge in [0.05, 0.1) is 23.3 Å². The van der Waals surface area contributed by atoms with Crippen LogP contribution in [0.2, 0.25) is 0 Å². The Balaban J connectivity index is 1.24. The smallest absolute Gasteiger partial charge is 0.407 e. The maximum absolute atomic E-state index is 13.9. The number of halogens is 3. The van der Waals surface area contributed by atoms with Gasteiger partial charge in [-0.3, -0.25) is 0 Å². The Kier molecular flexibility index (Phi) is 13.8. The number of alkyl carbamates (subject to hydrolysis) is 1. The SMILES string of the molecule is CC1(C)O[C@H]2[C@@H](O1)[C@@H](COC1O[C@H](COC(=O)c3ccccc3)[C@@H](OC(=O)c3ccccc3)[C@H](OC(=O)c3ccccc3)[C@H]1NC(=O)OCC(Cl)(Cl)Cl)O[C@@H]1OC(C)(C)O[C@@H]12. The zero-order valence-electron chi connectivity index (χ0n) is 33.3. The summed E-state index contributed by atoms with van der Waals surface area (Å²) >= 11 is 17.7. The van der Waals surface area contributed by atoms with Gasteiger partial charge in [-0.1, -0.05) is 89.4 Å². The van der Waals surface area contributed by atoms with Crippen molar-refractivity contribution in [2.45, 2.75) is 104 Å². The Labute approximate surface area is 366 Å². The first-order valence-electron chi connectivity index (χ1n) is 19.3. The highest BCUT2D eigenvalue weighted by molar-refractivity contribution is 6.67. The van der Waals surface area contributed by atoms with E-state index in [-0.39, 0.29) is 23.3 Å². The normalized spacial score (nSPS) is 30.0. The van der Waals surface area contributed by atoms with Crippen LogP contribution in [-0.2, 0) is 52.1 Å². The van der Waals surface area contributed by atoms with Gasteiger partial charge in [-0.25, -0.2) is 19.2 Å². The highest BCUT2D eigenvalue weighted by Crippen LogP contribution is 2.44. The van der Waals surface area contributed by atoms with Crippen LogP contribution in [0.1, 0.15) is 58.8 Å². The Morgan fingerprint density at radius 3 is 1.69 bits per heavy atom. The van der Waals surface area contributed by atoms with E-state index in [1.54, 1.807) is 94.4 Å². The van der Waals surface area contributed by atoms with Crippen molar-refractivity contribution >= 4 is 58.8 Å². The van der Waals surface area contributed by atoms with Crippen LogP contribution in [0.15, 0.2) is 91.0 Å². The van der Waals surface area contributed by atoms with Crippen molar-refractivity contribution in [3.63, 3.8) is 0 Å². The number of hydrogen-bond acceptors (Lipinski definition) is 15. The summed E-state index contributed by atoms with van der Waals surface area (Å²) in [6.07, 6.45) is -11.1. The van der Waals surface area contributed by atoms with Crippen molar-refractivity contribution in [2.24, 2.45) is 0 Å². The van der Waals surface area contributed by atoms with Crippen LogP contribution < -0.4 is 5.32 Å². The number of benzene rings is 3. The fourth-order valence-corrected chi connectivity index (χ4v) is 7.47. The molecule has 0 aliphatic carbocycles. The molecule has 7 rings (SSSR count). The largest absolute Gasteiger partial charge is 0.459 e. The number of ether oxygens (including phenoxy) is 11. The monoisotopic (exact) mass is 907 g/mol. The van der Waals surface area contributed by atoms with Gasteiger partial charge in [0.15, 0.2) is 36.4 Å². The van der Waals surface area contributed by atoms with Crippen molar-refractivity contribution in [1.82, 2.24) is 5.32 Å². The fraction of sp³-hybridized carbons (Fsp3) is 0.476. The Morgan fingerprint density at radius 1 is 0.607 bits per heavy atom. The van der Waals surface area contributed by atoms with Crippen LogP contribution in [0.5, 0.6) is 0 Å². The van der Waals surface area contributed by atoms with Crippen LogP contribution in [0.3, 0.4) is 0 Å². The zero-order valence-corrected chi connectivity index (χ0v) is 35.6. The molecule has 4 aliphatic rings. The summed E-state index contributed by atoms with van der Waals surface area (Å²) in [6.45, 7) is 5.44. The third kappa shape index (κ3) is 11.3. The van der Waals surface area contributed by atoms with E-state index in [1.165, 1.54) is 24.3 Å². The molecule has 10 atom stereocenters. The molecule has 328 valence electrons. The summed E-state index contributed by atoms with van der Waals surface area (Å²) in [6, 6.07) is 22.5. The summed E-state index contributed by atoms with van der Waals surface area (Å²) in [4.78, 5) is 54.5. The van der Waals surface area contributed by atoms with Gasteiger partial charge in [0.25, 0.3) is 0 Å². The molecule has 3 aromatic rings. The average Bonchev–Trinajstić information content (AvgIpc) is 3.74. The minimum Gasteiger partial charge on any atom is -0.459 e. The molecule has 0 spiro atoms. The van der Waals surface area contributed by atoms with E-state index < -0.39 is 114 Å². The molecule has 61 heavy (non-hydrogen) atoms. The van der Waals surface area contributed by atoms with Gasteiger partial charge in [-0.15, -0.1) is 0 Å². The predicted molar refractivity (Wildman–Crippen MR) is 214 cm³/mol. The molecule has 4 saturated heterocycles. The van der Waals surface area contributed by atoms with E-state index in [1.807, 2.05) is 0 Å². The fourth-order valence-electron chi connectivity index (χ4n) is 7.31. The van der Waals surface area contributed by atoms with Crippen molar-refractivity contribution in [3.05, 3.63) is 108 Å². The van der Waals surface area contributed by atoms with Crippen molar-refractivity contribution in [1.29, 1.82) is 0 Å². The molecule has 4 fully saturated rings. The number of fused-ring (bicyclic) bond motifs is 3. The molecule has 3 aromatic carbocycles. The number of carbonyl (C=O) groups excluding carboxylic acids is 4. The summed E-state index contributed by atoms with van der Waals surface area (Å²) in [5.74, 6) is -4.52. The van der Waals surface area contributed by atoms with Gasteiger partial charge in [-0.2, -0.15) is 0 Å². The second-order valence-electron chi connectivity index (χ2n) is 15.4. The predicted octanol–water partition coefficient (Wildman–Crippen LogP) is 5.90. The maximum Gasteiger partial charge on any atom is 0.407 e. The van der Waals surface area contributed by atoms with Crippen LogP contribution in [0, 0.1) is 0 Å². The first-order valence-corrected chi connectivity index (χ1v) is 20.5. The van der Waals surface area contributed by atoms with E-state index in [4.69, 9.17) is 86.9 Å². The zero-order chi connectivity index (χ0) is 43.5. The number of rotatable bonds is 12. The van der Waals surface area contributed by atoms with Gasteiger partial charge < -0.3 is 57.4 Å². The molecule has 4 heterocycles. The molecule has 0 radical (unpaired) electrons. The topological polar surface area (TPSA) is 182 Å². The van der Waals surface area contributed by atoms with Crippen molar-refractivity contribution in [3.8, 4) is 0 Å². The van der Waals surface area contributed by atoms with E-state index in [0.717, 1.165) is 0 Å². The lowest BCUT2D eigenvalue weighted by Gasteiger charge is -2.45. The molecule has 4 aliphatic heterocycles. The van der Waals surface area contributed by atoms with Gasteiger partial charge in [0, 0.05) is 0 Å². The molecule has 16 nitrogen and oxygen atoms in total. The number of hydrogen-bond donors (Lipinski definition) is 1. The van der Waals surface area contributed by atoms with Crippen LogP contribution in [-0.4, -0.2) is 121 Å². The summed E-state index contributed by atoms with van der Waals surface area (Å²) in [7, 11) is 0. The molecule has 1 unspecified atom stereocenters. The standard InChI is InChI=1S/C42H44Cl3NO15/c1-40(2)58-30-27(55-38-33(32(30)59-40)60-41(3,4)61-38)21-52-37-28(46-39(50)53-22-42(43,44)45)31(57-36(49)25-18-12-7-13-19-25)29(56-35(48)24-16-10-6-11-17-24)26(54-37)20-51-34(47)23-14-8-5-9-15-23/h5-19,26-33,37-38H,20-22H2,1-4H3,(H,46,50)/t26-,27-,28-,29-,30+,31-,32+,33-,37?,38-/m1/s1.